The van der Waals surface area contributed by atoms with Gasteiger partial charge in [0.2, 0.25) is 0 Å². The van der Waals surface area contributed by atoms with E-state index in [-0.39, 0.29) is 25.4 Å². The Morgan fingerprint density at radius 3 is 2.50 bits per heavy atom. The minimum Gasteiger partial charge on any atom is -0.465 e. The lowest BCUT2D eigenvalue weighted by molar-refractivity contribution is -0.145. The van der Waals surface area contributed by atoms with E-state index in [4.69, 9.17) is 5.11 Å². The van der Waals surface area contributed by atoms with E-state index < -0.39 is 5.97 Å². The van der Waals surface area contributed by atoms with Gasteiger partial charge in [-0.2, -0.15) is 0 Å². The van der Waals surface area contributed by atoms with Gasteiger partial charge in [-0.05, 0) is 19.8 Å². The summed E-state index contributed by atoms with van der Waals surface area (Å²) in [5, 5.41) is 8.38. The number of aliphatic hydroxyl groups excluding tert-OH is 1. The van der Waals surface area contributed by atoms with Crippen LogP contribution in [0.15, 0.2) is 0 Å². The third-order valence-electron chi connectivity index (χ3n) is 1.21. The molecule has 70 valence electrons. The van der Waals surface area contributed by atoms with Gasteiger partial charge in [0.1, 0.15) is 12.2 Å². The van der Waals surface area contributed by atoms with Crippen LogP contribution in [0.25, 0.3) is 0 Å². The molecule has 0 heterocycles. The van der Waals surface area contributed by atoms with Crippen molar-refractivity contribution >= 4 is 11.8 Å². The highest BCUT2D eigenvalue weighted by molar-refractivity contribution is 5.94. The minimum absolute atomic E-state index is 0.101. The molecule has 0 unspecified atom stereocenters. The topological polar surface area (TPSA) is 63.6 Å². The van der Waals surface area contributed by atoms with Crippen molar-refractivity contribution in [3.63, 3.8) is 0 Å². The first-order valence-corrected chi connectivity index (χ1v) is 3.92. The number of aliphatic hydroxyl groups is 1. The molecule has 0 aliphatic heterocycles. The predicted molar refractivity (Wildman–Crippen MR) is 42.6 cm³/mol. The van der Waals surface area contributed by atoms with Gasteiger partial charge in [-0.25, -0.2) is 0 Å². The number of esters is 1. The molecule has 0 aromatic carbocycles. The molecule has 4 nitrogen and oxygen atoms in total. The fraction of sp³-hybridized carbons (Fsp3) is 0.750. The van der Waals surface area contributed by atoms with Crippen LogP contribution in [0.5, 0.6) is 0 Å². The molecular weight excluding hydrogens is 160 g/mol. The number of carbonyl (C=O) groups excluding carboxylic acids is 2. The summed E-state index contributed by atoms with van der Waals surface area (Å²) in [6, 6.07) is 0. The van der Waals surface area contributed by atoms with Gasteiger partial charge >= 0.3 is 5.97 Å². The molecule has 0 fully saturated rings. The van der Waals surface area contributed by atoms with Crippen LogP contribution < -0.4 is 0 Å². The predicted octanol–water partition coefficient (Wildman–Crippen LogP) is 0.281. The Bertz CT molecular complexity index is 153. The Kier molecular flexibility index (Phi) is 6.28. The summed E-state index contributed by atoms with van der Waals surface area (Å²) in [5.41, 5.74) is 0. The molecule has 0 rings (SSSR count). The minimum atomic E-state index is -0.486. The summed E-state index contributed by atoms with van der Waals surface area (Å²) < 4.78 is 4.68. The molecule has 0 spiro atoms. The average Bonchev–Trinajstić information content (AvgIpc) is 1.97. The van der Waals surface area contributed by atoms with Crippen molar-refractivity contribution in [1.29, 1.82) is 0 Å². The highest BCUT2D eigenvalue weighted by Crippen LogP contribution is 1.92. The maximum absolute atomic E-state index is 10.7. The lowest BCUT2D eigenvalue weighted by Crippen LogP contribution is -2.09. The lowest BCUT2D eigenvalue weighted by atomic mass is 10.3. The smallest absolute Gasteiger partial charge is 0.313 e. The molecule has 0 atom stereocenters. The van der Waals surface area contributed by atoms with Gasteiger partial charge < -0.3 is 9.84 Å². The van der Waals surface area contributed by atoms with Gasteiger partial charge in [0.15, 0.2) is 0 Å². The summed E-state index contributed by atoms with van der Waals surface area (Å²) >= 11 is 0. The average molecular weight is 174 g/mol. The molecule has 0 bridgehead atoms. The second-order valence-electron chi connectivity index (χ2n) is 2.53. The van der Waals surface area contributed by atoms with E-state index in [1.54, 1.807) is 0 Å². The number of carbonyl (C=O) groups is 2. The zero-order valence-corrected chi connectivity index (χ0v) is 7.21. The van der Waals surface area contributed by atoms with E-state index in [1.165, 1.54) is 6.92 Å². The summed E-state index contributed by atoms with van der Waals surface area (Å²) in [7, 11) is 0. The van der Waals surface area contributed by atoms with Crippen molar-refractivity contribution < 1.29 is 19.4 Å². The van der Waals surface area contributed by atoms with Gasteiger partial charge in [-0.1, -0.05) is 0 Å². The number of ketones is 1. The Balaban J connectivity index is 3.26. The fourth-order valence-electron chi connectivity index (χ4n) is 0.654. The van der Waals surface area contributed by atoms with E-state index >= 15 is 0 Å². The van der Waals surface area contributed by atoms with Gasteiger partial charge in [-0.3, -0.25) is 9.59 Å². The number of Topliss-reactive ketones (excluding diaryl/α,β-unsaturated/α-hetero) is 1. The lowest BCUT2D eigenvalue weighted by Gasteiger charge is -2.01. The van der Waals surface area contributed by atoms with Crippen LogP contribution in [-0.4, -0.2) is 30.1 Å². The number of rotatable bonds is 6. The number of ether oxygens (including phenoxy) is 1. The van der Waals surface area contributed by atoms with Crippen LogP contribution in [0.4, 0.5) is 0 Å². The molecule has 4 heteroatoms. The normalized spacial score (nSPS) is 9.50. The zero-order chi connectivity index (χ0) is 9.40. The fourth-order valence-corrected chi connectivity index (χ4v) is 0.654. The van der Waals surface area contributed by atoms with Crippen LogP contribution in [-0.2, 0) is 14.3 Å². The van der Waals surface area contributed by atoms with Crippen molar-refractivity contribution in [1.82, 2.24) is 0 Å². The van der Waals surface area contributed by atoms with Gasteiger partial charge in [0.05, 0.1) is 6.61 Å². The third kappa shape index (κ3) is 7.21. The molecule has 0 radical (unpaired) electrons. The molecule has 12 heavy (non-hydrogen) atoms. The summed E-state index contributed by atoms with van der Waals surface area (Å²) in [6.07, 6.45) is 1.10. The van der Waals surface area contributed by atoms with E-state index in [1.807, 2.05) is 0 Å². The van der Waals surface area contributed by atoms with Crippen molar-refractivity contribution in [2.24, 2.45) is 0 Å². The van der Waals surface area contributed by atoms with Crippen molar-refractivity contribution in [3.05, 3.63) is 0 Å². The summed E-state index contributed by atoms with van der Waals surface area (Å²) in [6.45, 7) is 1.73. The second-order valence-corrected chi connectivity index (χ2v) is 2.53. The Morgan fingerprint density at radius 1 is 1.33 bits per heavy atom. The standard InChI is InChI=1S/C8H14O4/c1-7(10)6-8(11)12-5-3-2-4-9/h9H,2-6H2,1H3. The Labute approximate surface area is 71.5 Å². The zero-order valence-electron chi connectivity index (χ0n) is 7.21. The molecule has 0 aromatic heterocycles. The Morgan fingerprint density at radius 2 is 2.00 bits per heavy atom. The van der Waals surface area contributed by atoms with Crippen molar-refractivity contribution in [2.75, 3.05) is 13.2 Å². The molecule has 1 N–H and O–H groups in total. The van der Waals surface area contributed by atoms with Crippen LogP contribution in [0.1, 0.15) is 26.2 Å². The summed E-state index contributed by atoms with van der Waals surface area (Å²) in [4.78, 5) is 21.1. The van der Waals surface area contributed by atoms with Crippen molar-refractivity contribution in [2.45, 2.75) is 26.2 Å². The van der Waals surface area contributed by atoms with Crippen LogP contribution >= 0.6 is 0 Å². The first-order chi connectivity index (χ1) is 5.66. The van der Waals surface area contributed by atoms with Crippen LogP contribution in [0.3, 0.4) is 0 Å². The largest absolute Gasteiger partial charge is 0.465 e. The molecule has 0 saturated carbocycles. The van der Waals surface area contributed by atoms with Gasteiger partial charge in [0, 0.05) is 6.61 Å². The number of hydrogen-bond donors (Lipinski definition) is 1. The molecule has 0 aliphatic carbocycles. The highest BCUT2D eigenvalue weighted by atomic mass is 16.5. The summed E-state index contributed by atoms with van der Waals surface area (Å²) in [5.74, 6) is -0.678. The van der Waals surface area contributed by atoms with Crippen LogP contribution in [0.2, 0.25) is 0 Å². The maximum Gasteiger partial charge on any atom is 0.313 e. The molecule has 0 saturated heterocycles. The van der Waals surface area contributed by atoms with E-state index in [0.717, 1.165) is 0 Å². The third-order valence-corrected chi connectivity index (χ3v) is 1.21. The monoisotopic (exact) mass is 174 g/mol. The number of unbranched alkanes of at least 4 members (excludes halogenated alkanes) is 1. The quantitative estimate of drug-likeness (QED) is 0.357. The first-order valence-electron chi connectivity index (χ1n) is 3.92. The molecular formula is C8H14O4. The maximum atomic E-state index is 10.7. The second kappa shape index (κ2) is 6.79. The SMILES string of the molecule is CC(=O)CC(=O)OCCCCO. The van der Waals surface area contributed by atoms with E-state index in [0.29, 0.717) is 12.8 Å². The Hall–Kier alpha value is -0.900. The van der Waals surface area contributed by atoms with E-state index in [9.17, 15) is 9.59 Å². The van der Waals surface area contributed by atoms with E-state index in [2.05, 4.69) is 4.74 Å². The van der Waals surface area contributed by atoms with Gasteiger partial charge in [-0.15, -0.1) is 0 Å². The molecule has 0 amide bonds. The van der Waals surface area contributed by atoms with Gasteiger partial charge in [0.25, 0.3) is 0 Å². The van der Waals surface area contributed by atoms with Crippen molar-refractivity contribution in [3.8, 4) is 0 Å². The van der Waals surface area contributed by atoms with Crippen LogP contribution in [0, 0.1) is 0 Å². The molecule has 0 aliphatic rings. The highest BCUT2D eigenvalue weighted by Gasteiger charge is 2.04. The molecule has 0 aromatic rings. The first kappa shape index (κ1) is 11.1. The number of hydrogen-bond acceptors (Lipinski definition) is 4.